The van der Waals surface area contributed by atoms with Crippen molar-refractivity contribution < 1.29 is 13.0 Å². The molecule has 1 aromatic rings. The molecule has 5 heteroatoms. The van der Waals surface area contributed by atoms with Gasteiger partial charge in [0.2, 0.25) is 0 Å². The summed E-state index contributed by atoms with van der Waals surface area (Å²) < 4.78 is 33.0. The van der Waals surface area contributed by atoms with Gasteiger partial charge in [-0.05, 0) is 34.4 Å². The minimum absolute atomic E-state index is 0. The van der Waals surface area contributed by atoms with Crippen molar-refractivity contribution in [1.82, 2.24) is 0 Å². The zero-order valence-electron chi connectivity index (χ0n) is 12.6. The van der Waals surface area contributed by atoms with Gasteiger partial charge >= 0.3 is 29.6 Å². The van der Waals surface area contributed by atoms with Gasteiger partial charge in [-0.25, -0.2) is 0 Å². The maximum absolute atomic E-state index is 11.7. The molecule has 0 aliphatic heterocycles. The van der Waals surface area contributed by atoms with Gasteiger partial charge in [0, 0.05) is 0 Å². The first-order chi connectivity index (χ1) is 8.55. The van der Waals surface area contributed by atoms with Crippen LogP contribution in [0.2, 0.25) is 0 Å². The number of rotatable bonds is 4. The fraction of sp³-hybridized carbons (Fsp3) is 0.600. The zero-order chi connectivity index (χ0) is 15.0. The Morgan fingerprint density at radius 1 is 0.850 bits per heavy atom. The molecular formula is C15H25NaO3S. The molecule has 20 heavy (non-hydrogen) atoms. The van der Waals surface area contributed by atoms with Crippen molar-refractivity contribution in [2.75, 3.05) is 0 Å². The molecule has 0 unspecified atom stereocenters. The Hall–Kier alpha value is 0.130. The van der Waals surface area contributed by atoms with Gasteiger partial charge in [0.25, 0.3) is 10.1 Å². The third-order valence-corrected chi connectivity index (χ3v) is 4.32. The summed E-state index contributed by atoms with van der Waals surface area (Å²) >= 11 is 0. The van der Waals surface area contributed by atoms with Gasteiger partial charge in [-0.2, -0.15) is 8.42 Å². The van der Waals surface area contributed by atoms with Gasteiger partial charge in [0.05, 0.1) is 0 Å². The first kappa shape index (κ1) is 20.1. The van der Waals surface area contributed by atoms with E-state index in [9.17, 15) is 13.0 Å². The average Bonchev–Trinajstić information content (AvgIpc) is 2.25. The van der Waals surface area contributed by atoms with E-state index in [1.54, 1.807) is 0 Å². The van der Waals surface area contributed by atoms with E-state index in [0.29, 0.717) is 17.0 Å². The second-order valence-corrected chi connectivity index (χ2v) is 7.33. The Morgan fingerprint density at radius 3 is 1.40 bits per heavy atom. The van der Waals surface area contributed by atoms with E-state index < -0.39 is 10.1 Å². The Bertz CT molecular complexity index is 531. The van der Waals surface area contributed by atoms with E-state index in [-0.39, 0.29) is 46.3 Å². The van der Waals surface area contributed by atoms with Crippen molar-refractivity contribution in [3.05, 3.63) is 28.8 Å². The van der Waals surface area contributed by atoms with Crippen LogP contribution in [0.25, 0.3) is 0 Å². The molecule has 0 bridgehead atoms. The Balaban J connectivity index is 0.00000361. The van der Waals surface area contributed by atoms with Crippen LogP contribution in [-0.2, 0) is 10.1 Å². The Kier molecular flexibility index (Phi) is 7.46. The van der Waals surface area contributed by atoms with Gasteiger partial charge in [0.1, 0.15) is 4.90 Å². The summed E-state index contributed by atoms with van der Waals surface area (Å²) in [7, 11) is -4.20. The molecular weight excluding hydrogens is 283 g/mol. The second-order valence-electron chi connectivity index (χ2n) is 5.97. The van der Waals surface area contributed by atoms with Crippen LogP contribution in [0, 0.1) is 0 Å². The molecule has 0 fully saturated rings. The topological polar surface area (TPSA) is 54.4 Å². The van der Waals surface area contributed by atoms with Crippen LogP contribution in [0.5, 0.6) is 0 Å². The predicted molar refractivity (Wildman–Crippen MR) is 85.7 cm³/mol. The molecule has 0 amide bonds. The van der Waals surface area contributed by atoms with Gasteiger partial charge in [-0.3, -0.25) is 4.55 Å². The monoisotopic (exact) mass is 308 g/mol. The molecule has 0 aliphatic rings. The summed E-state index contributed by atoms with van der Waals surface area (Å²) in [4.78, 5) is 0.0990. The van der Waals surface area contributed by atoms with Crippen LogP contribution < -0.4 is 0 Å². The van der Waals surface area contributed by atoms with E-state index in [2.05, 4.69) is 13.8 Å². The standard InChI is InChI=1S/C15H24O3S.Na.H/c1-9(2)12-7-13(10(3)4)15(19(16,17)18)14(8-12)11(5)6;;/h7-11H,1-6H3,(H,16,17,18);;. The number of benzene rings is 1. The summed E-state index contributed by atoms with van der Waals surface area (Å²) in [5, 5.41) is 0. The van der Waals surface area contributed by atoms with Crippen molar-refractivity contribution in [3.8, 4) is 0 Å². The first-order valence-electron chi connectivity index (χ1n) is 6.70. The van der Waals surface area contributed by atoms with Gasteiger partial charge in [-0.1, -0.05) is 53.7 Å². The normalized spacial score (nSPS) is 12.1. The molecule has 1 aromatic carbocycles. The summed E-state index contributed by atoms with van der Waals surface area (Å²) in [5.41, 5.74) is 2.52. The van der Waals surface area contributed by atoms with Crippen LogP contribution in [0.4, 0.5) is 0 Å². The van der Waals surface area contributed by atoms with E-state index in [1.807, 2.05) is 39.8 Å². The quantitative estimate of drug-likeness (QED) is 0.682. The average molecular weight is 308 g/mol. The SMILES string of the molecule is CC(C)c1cc(C(C)C)c(S(=O)(=O)O)c(C(C)C)c1.[NaH]. The zero-order valence-corrected chi connectivity index (χ0v) is 13.4. The molecule has 3 nitrogen and oxygen atoms in total. The number of hydrogen-bond donors (Lipinski definition) is 1. The van der Waals surface area contributed by atoms with Crippen LogP contribution in [0.1, 0.15) is 76.0 Å². The fourth-order valence-corrected chi connectivity index (χ4v) is 3.37. The van der Waals surface area contributed by atoms with Crippen LogP contribution in [0.3, 0.4) is 0 Å². The van der Waals surface area contributed by atoms with E-state index >= 15 is 0 Å². The van der Waals surface area contributed by atoms with E-state index in [4.69, 9.17) is 0 Å². The number of hydrogen-bond acceptors (Lipinski definition) is 2. The van der Waals surface area contributed by atoms with Gasteiger partial charge in [-0.15, -0.1) is 0 Å². The van der Waals surface area contributed by atoms with Crippen molar-refractivity contribution in [2.24, 2.45) is 0 Å². The van der Waals surface area contributed by atoms with Gasteiger partial charge in [0.15, 0.2) is 0 Å². The molecule has 0 saturated carbocycles. The van der Waals surface area contributed by atoms with Crippen molar-refractivity contribution >= 4 is 39.7 Å². The molecule has 0 aliphatic carbocycles. The molecule has 1 rings (SSSR count). The van der Waals surface area contributed by atoms with E-state index in [0.717, 1.165) is 5.56 Å². The second kappa shape index (κ2) is 7.41. The third kappa shape index (κ3) is 4.57. The van der Waals surface area contributed by atoms with Crippen LogP contribution in [0.15, 0.2) is 17.0 Å². The molecule has 0 heterocycles. The molecule has 0 atom stereocenters. The van der Waals surface area contributed by atoms with E-state index in [1.165, 1.54) is 0 Å². The summed E-state index contributed by atoms with van der Waals surface area (Å²) in [6.45, 7) is 11.9. The fourth-order valence-electron chi connectivity index (χ4n) is 2.19. The summed E-state index contributed by atoms with van der Waals surface area (Å²) in [6, 6.07) is 3.81. The Morgan fingerprint density at radius 2 is 1.20 bits per heavy atom. The van der Waals surface area contributed by atoms with Crippen molar-refractivity contribution in [1.29, 1.82) is 0 Å². The Labute approximate surface area is 145 Å². The predicted octanol–water partition coefficient (Wildman–Crippen LogP) is 3.66. The molecule has 0 spiro atoms. The maximum atomic E-state index is 11.7. The summed E-state index contributed by atoms with van der Waals surface area (Å²) in [6.07, 6.45) is 0. The first-order valence-corrected chi connectivity index (χ1v) is 8.14. The van der Waals surface area contributed by atoms with Crippen LogP contribution >= 0.6 is 0 Å². The molecule has 110 valence electrons. The molecule has 0 radical (unpaired) electrons. The molecule has 0 aromatic heterocycles. The van der Waals surface area contributed by atoms with Crippen molar-refractivity contribution in [2.45, 2.75) is 64.2 Å². The van der Waals surface area contributed by atoms with Crippen LogP contribution in [-0.4, -0.2) is 42.5 Å². The minimum atomic E-state index is -4.20. The summed E-state index contributed by atoms with van der Waals surface area (Å²) in [5.74, 6) is 0.423. The third-order valence-electron chi connectivity index (χ3n) is 3.34. The van der Waals surface area contributed by atoms with Gasteiger partial charge < -0.3 is 0 Å². The molecule has 0 saturated heterocycles. The molecule has 1 N–H and O–H groups in total. The van der Waals surface area contributed by atoms with Crippen molar-refractivity contribution in [3.63, 3.8) is 0 Å².